The van der Waals surface area contributed by atoms with Gasteiger partial charge in [-0.15, -0.1) is 0 Å². The Morgan fingerprint density at radius 3 is 2.63 bits per heavy atom. The summed E-state index contributed by atoms with van der Waals surface area (Å²) in [4.78, 5) is 11.9. The fraction of sp³-hybridized carbons (Fsp3) is 0.0667. The maximum atomic E-state index is 11.9. The Balaban J connectivity index is 2.00. The molecular weight excluding hydrogens is 351 g/mol. The number of carbonyl (C=O) groups excluding carboxylic acids is 1. The van der Waals surface area contributed by atoms with Crippen LogP contribution in [0.4, 0.5) is 0 Å². The zero-order chi connectivity index (χ0) is 13.7. The van der Waals surface area contributed by atoms with E-state index in [0.717, 1.165) is 9.13 Å². The zero-order valence-electron chi connectivity index (χ0n) is 10.1. The quantitative estimate of drug-likeness (QED) is 0.854. The lowest BCUT2D eigenvalue weighted by Gasteiger charge is -2.05. The second-order valence-electron chi connectivity index (χ2n) is 4.00. The van der Waals surface area contributed by atoms with Gasteiger partial charge >= 0.3 is 0 Å². The third-order valence-electron chi connectivity index (χ3n) is 2.62. The lowest BCUT2D eigenvalue weighted by molar-refractivity contribution is 0.0951. The predicted molar refractivity (Wildman–Crippen MR) is 81.5 cm³/mol. The lowest BCUT2D eigenvalue weighted by Crippen LogP contribution is -2.22. The molecule has 0 spiro atoms. The standard InChI is InChI=1S/C15H11IN2O/c16-14-6-4-13(5-7-14)15(19)18-10-12-3-1-2-11(8-12)9-17/h1-8H,10H2,(H,18,19). The van der Waals surface area contributed by atoms with Crippen molar-refractivity contribution in [2.45, 2.75) is 6.54 Å². The molecule has 94 valence electrons. The van der Waals surface area contributed by atoms with E-state index in [2.05, 4.69) is 34.0 Å². The Kier molecular flexibility index (Phi) is 4.53. The normalized spacial score (nSPS) is 9.68. The van der Waals surface area contributed by atoms with Gasteiger partial charge < -0.3 is 5.32 Å². The molecule has 4 heteroatoms. The SMILES string of the molecule is N#Cc1cccc(CNC(=O)c2ccc(I)cc2)c1. The van der Waals surface area contributed by atoms with Crippen LogP contribution in [0, 0.1) is 14.9 Å². The van der Waals surface area contributed by atoms with E-state index < -0.39 is 0 Å². The summed E-state index contributed by atoms with van der Waals surface area (Å²) in [6.07, 6.45) is 0. The Bertz CT molecular complexity index is 629. The molecular formula is C15H11IN2O. The van der Waals surface area contributed by atoms with E-state index in [9.17, 15) is 4.79 Å². The molecule has 0 saturated carbocycles. The van der Waals surface area contributed by atoms with Crippen molar-refractivity contribution in [1.82, 2.24) is 5.32 Å². The highest BCUT2D eigenvalue weighted by molar-refractivity contribution is 14.1. The van der Waals surface area contributed by atoms with Crippen molar-refractivity contribution in [2.24, 2.45) is 0 Å². The summed E-state index contributed by atoms with van der Waals surface area (Å²) in [5, 5.41) is 11.6. The second-order valence-corrected chi connectivity index (χ2v) is 5.25. The van der Waals surface area contributed by atoms with Crippen LogP contribution in [-0.4, -0.2) is 5.91 Å². The summed E-state index contributed by atoms with van der Waals surface area (Å²) >= 11 is 2.20. The smallest absolute Gasteiger partial charge is 0.251 e. The number of hydrogen-bond acceptors (Lipinski definition) is 2. The molecule has 0 aliphatic heterocycles. The van der Waals surface area contributed by atoms with Gasteiger partial charge in [-0.1, -0.05) is 12.1 Å². The van der Waals surface area contributed by atoms with Crippen LogP contribution in [0.3, 0.4) is 0 Å². The Morgan fingerprint density at radius 2 is 1.95 bits per heavy atom. The van der Waals surface area contributed by atoms with Gasteiger partial charge in [-0.3, -0.25) is 4.79 Å². The second kappa shape index (κ2) is 6.34. The van der Waals surface area contributed by atoms with Gasteiger partial charge in [-0.2, -0.15) is 5.26 Å². The minimum atomic E-state index is -0.112. The summed E-state index contributed by atoms with van der Waals surface area (Å²) in [5.41, 5.74) is 2.15. The average molecular weight is 362 g/mol. The van der Waals surface area contributed by atoms with E-state index >= 15 is 0 Å². The van der Waals surface area contributed by atoms with E-state index in [1.165, 1.54) is 0 Å². The molecule has 0 unspecified atom stereocenters. The van der Waals surface area contributed by atoms with Gasteiger partial charge in [0, 0.05) is 15.7 Å². The maximum absolute atomic E-state index is 11.9. The molecule has 1 N–H and O–H groups in total. The van der Waals surface area contributed by atoms with Gasteiger partial charge in [-0.25, -0.2) is 0 Å². The molecule has 2 aromatic rings. The number of amides is 1. The predicted octanol–water partition coefficient (Wildman–Crippen LogP) is 3.09. The van der Waals surface area contributed by atoms with Crippen molar-refractivity contribution in [1.29, 1.82) is 5.26 Å². The number of nitriles is 1. The molecule has 0 fully saturated rings. The monoisotopic (exact) mass is 362 g/mol. The van der Waals surface area contributed by atoms with Crippen LogP contribution in [0.1, 0.15) is 21.5 Å². The van der Waals surface area contributed by atoms with Gasteiger partial charge in [0.1, 0.15) is 0 Å². The first-order chi connectivity index (χ1) is 9.19. The molecule has 2 rings (SSSR count). The van der Waals surface area contributed by atoms with Crippen molar-refractivity contribution >= 4 is 28.5 Å². The lowest BCUT2D eigenvalue weighted by atomic mass is 10.1. The number of nitrogens with zero attached hydrogens (tertiary/aromatic N) is 1. The van der Waals surface area contributed by atoms with Crippen LogP contribution in [0.2, 0.25) is 0 Å². The molecule has 0 aliphatic carbocycles. The van der Waals surface area contributed by atoms with E-state index in [-0.39, 0.29) is 5.91 Å². The van der Waals surface area contributed by atoms with Crippen molar-refractivity contribution in [3.63, 3.8) is 0 Å². The first-order valence-electron chi connectivity index (χ1n) is 5.72. The van der Waals surface area contributed by atoms with Gasteiger partial charge in [0.25, 0.3) is 5.91 Å². The molecule has 0 bridgehead atoms. The van der Waals surface area contributed by atoms with Crippen molar-refractivity contribution in [3.05, 3.63) is 68.8 Å². The van der Waals surface area contributed by atoms with E-state index in [1.807, 2.05) is 24.3 Å². The van der Waals surface area contributed by atoms with Crippen molar-refractivity contribution in [2.75, 3.05) is 0 Å². The average Bonchev–Trinajstić information content (AvgIpc) is 2.46. The minimum Gasteiger partial charge on any atom is -0.348 e. The molecule has 1 amide bonds. The summed E-state index contributed by atoms with van der Waals surface area (Å²) in [6, 6.07) is 16.7. The molecule has 19 heavy (non-hydrogen) atoms. The summed E-state index contributed by atoms with van der Waals surface area (Å²) in [7, 11) is 0. The number of halogens is 1. The molecule has 0 radical (unpaired) electrons. The van der Waals surface area contributed by atoms with Crippen LogP contribution < -0.4 is 5.32 Å². The fourth-order valence-electron chi connectivity index (χ4n) is 1.64. The largest absolute Gasteiger partial charge is 0.348 e. The zero-order valence-corrected chi connectivity index (χ0v) is 12.2. The Morgan fingerprint density at radius 1 is 1.21 bits per heavy atom. The van der Waals surface area contributed by atoms with Crippen molar-refractivity contribution in [3.8, 4) is 6.07 Å². The summed E-state index contributed by atoms with van der Waals surface area (Å²) in [5.74, 6) is -0.112. The highest BCUT2D eigenvalue weighted by Crippen LogP contribution is 2.08. The molecule has 2 aromatic carbocycles. The molecule has 0 heterocycles. The molecule has 0 saturated heterocycles. The van der Waals surface area contributed by atoms with Crippen LogP contribution in [0.15, 0.2) is 48.5 Å². The maximum Gasteiger partial charge on any atom is 0.251 e. The van der Waals surface area contributed by atoms with Crippen LogP contribution in [0.5, 0.6) is 0 Å². The molecule has 0 aromatic heterocycles. The van der Waals surface area contributed by atoms with Gasteiger partial charge in [-0.05, 0) is 64.6 Å². The molecule has 3 nitrogen and oxygen atoms in total. The van der Waals surface area contributed by atoms with Crippen LogP contribution in [-0.2, 0) is 6.54 Å². The first-order valence-corrected chi connectivity index (χ1v) is 6.80. The Labute approximate surface area is 125 Å². The minimum absolute atomic E-state index is 0.112. The molecule has 0 aliphatic rings. The number of hydrogen-bond donors (Lipinski definition) is 1. The number of rotatable bonds is 3. The van der Waals surface area contributed by atoms with E-state index in [0.29, 0.717) is 17.7 Å². The van der Waals surface area contributed by atoms with E-state index in [4.69, 9.17) is 5.26 Å². The first kappa shape index (κ1) is 13.6. The number of nitrogens with one attached hydrogen (secondary N) is 1. The molecule has 0 atom stereocenters. The van der Waals surface area contributed by atoms with Gasteiger partial charge in [0.15, 0.2) is 0 Å². The van der Waals surface area contributed by atoms with Crippen LogP contribution in [0.25, 0.3) is 0 Å². The van der Waals surface area contributed by atoms with Gasteiger partial charge in [0.2, 0.25) is 0 Å². The fourth-order valence-corrected chi connectivity index (χ4v) is 2.00. The van der Waals surface area contributed by atoms with Gasteiger partial charge in [0.05, 0.1) is 11.6 Å². The van der Waals surface area contributed by atoms with Crippen molar-refractivity contribution < 1.29 is 4.79 Å². The highest BCUT2D eigenvalue weighted by Gasteiger charge is 2.04. The van der Waals surface area contributed by atoms with E-state index in [1.54, 1.807) is 24.3 Å². The third kappa shape index (κ3) is 3.80. The summed E-state index contributed by atoms with van der Waals surface area (Å²) in [6.45, 7) is 0.417. The number of carbonyl (C=O) groups is 1. The number of benzene rings is 2. The third-order valence-corrected chi connectivity index (χ3v) is 3.33. The Hall–Kier alpha value is -1.87. The summed E-state index contributed by atoms with van der Waals surface area (Å²) < 4.78 is 1.09. The highest BCUT2D eigenvalue weighted by atomic mass is 127. The topological polar surface area (TPSA) is 52.9 Å². The van der Waals surface area contributed by atoms with Crippen LogP contribution >= 0.6 is 22.6 Å².